The Morgan fingerprint density at radius 2 is 1.83 bits per heavy atom. The highest BCUT2D eigenvalue weighted by molar-refractivity contribution is 6.38. The minimum Gasteiger partial charge on any atom is -0.411 e. The minimum atomic E-state index is -0.528. The summed E-state index contributed by atoms with van der Waals surface area (Å²) >= 11 is 11.2. The van der Waals surface area contributed by atoms with Gasteiger partial charge in [0.1, 0.15) is 5.82 Å². The quantitative estimate of drug-likeness (QED) is 0.429. The van der Waals surface area contributed by atoms with E-state index in [9.17, 15) is 4.39 Å². The molecule has 0 spiro atoms. The van der Waals surface area contributed by atoms with Crippen molar-refractivity contribution in [3.8, 4) is 0 Å². The van der Waals surface area contributed by atoms with Crippen molar-refractivity contribution < 1.29 is 9.60 Å². The van der Waals surface area contributed by atoms with Crippen molar-refractivity contribution in [2.45, 2.75) is 0 Å². The SMILES string of the molecule is ON=Cc1c(Cl)cc(F)cc1Cl. The molecule has 0 bridgehead atoms. The van der Waals surface area contributed by atoms with Crippen LogP contribution >= 0.6 is 23.2 Å². The van der Waals surface area contributed by atoms with Crippen LogP contribution in [0.4, 0.5) is 4.39 Å². The van der Waals surface area contributed by atoms with E-state index < -0.39 is 5.82 Å². The molecule has 0 saturated carbocycles. The maximum atomic E-state index is 12.6. The van der Waals surface area contributed by atoms with Crippen LogP contribution in [0.1, 0.15) is 5.56 Å². The summed E-state index contributed by atoms with van der Waals surface area (Å²) in [7, 11) is 0. The lowest BCUT2D eigenvalue weighted by Crippen LogP contribution is -1.87. The maximum Gasteiger partial charge on any atom is 0.126 e. The van der Waals surface area contributed by atoms with Gasteiger partial charge in [-0.1, -0.05) is 28.4 Å². The molecule has 0 saturated heterocycles. The van der Waals surface area contributed by atoms with Crippen molar-refractivity contribution in [1.82, 2.24) is 0 Å². The van der Waals surface area contributed by atoms with Crippen LogP contribution in [-0.2, 0) is 0 Å². The molecule has 2 nitrogen and oxygen atoms in total. The van der Waals surface area contributed by atoms with Crippen LogP contribution in [0, 0.1) is 5.82 Å². The van der Waals surface area contributed by atoms with Crippen LogP contribution in [0.5, 0.6) is 0 Å². The van der Waals surface area contributed by atoms with E-state index in [1.54, 1.807) is 0 Å². The number of oxime groups is 1. The highest BCUT2D eigenvalue weighted by Gasteiger charge is 2.05. The highest BCUT2D eigenvalue weighted by atomic mass is 35.5. The molecule has 0 fully saturated rings. The number of hydrogen-bond donors (Lipinski definition) is 1. The predicted octanol–water partition coefficient (Wildman–Crippen LogP) is 2.94. The van der Waals surface area contributed by atoms with Crippen LogP contribution in [0.3, 0.4) is 0 Å². The van der Waals surface area contributed by atoms with Crippen molar-refractivity contribution in [2.24, 2.45) is 5.16 Å². The molecule has 1 aromatic rings. The minimum absolute atomic E-state index is 0.109. The number of hydrogen-bond acceptors (Lipinski definition) is 2. The first-order valence-electron chi connectivity index (χ1n) is 2.97. The van der Waals surface area contributed by atoms with Gasteiger partial charge in [0.2, 0.25) is 0 Å². The summed E-state index contributed by atoms with van der Waals surface area (Å²) in [6, 6.07) is 2.18. The van der Waals surface area contributed by atoms with E-state index in [0.29, 0.717) is 5.56 Å². The van der Waals surface area contributed by atoms with Crippen molar-refractivity contribution in [2.75, 3.05) is 0 Å². The van der Waals surface area contributed by atoms with Gasteiger partial charge in [0, 0.05) is 5.56 Å². The second-order valence-electron chi connectivity index (χ2n) is 2.03. The third-order valence-corrected chi connectivity index (χ3v) is 1.86. The van der Waals surface area contributed by atoms with Gasteiger partial charge in [0.05, 0.1) is 16.3 Å². The van der Waals surface area contributed by atoms with Gasteiger partial charge < -0.3 is 5.21 Å². The van der Waals surface area contributed by atoms with Crippen LogP contribution in [-0.4, -0.2) is 11.4 Å². The summed E-state index contributed by atoms with van der Waals surface area (Å²) in [5.41, 5.74) is 0.294. The molecule has 0 amide bonds. The smallest absolute Gasteiger partial charge is 0.126 e. The summed E-state index contributed by atoms with van der Waals surface area (Å²) in [6.45, 7) is 0. The first kappa shape index (κ1) is 9.29. The van der Waals surface area contributed by atoms with Crippen molar-refractivity contribution in [3.63, 3.8) is 0 Å². The molecule has 12 heavy (non-hydrogen) atoms. The standard InChI is InChI=1S/C7H4Cl2FNO/c8-6-1-4(10)2-7(9)5(6)3-11-12/h1-3,12H. The second kappa shape index (κ2) is 3.74. The molecule has 0 heterocycles. The molecule has 0 aromatic heterocycles. The Bertz CT molecular complexity index is 304. The fourth-order valence-electron chi connectivity index (χ4n) is 0.734. The van der Waals surface area contributed by atoms with E-state index >= 15 is 0 Å². The lowest BCUT2D eigenvalue weighted by atomic mass is 10.2. The average Bonchev–Trinajstić information content (AvgIpc) is 1.96. The summed E-state index contributed by atoms with van der Waals surface area (Å²) in [5, 5.41) is 11.2. The molecule has 1 rings (SSSR count). The van der Waals surface area contributed by atoms with E-state index in [4.69, 9.17) is 28.4 Å². The first-order chi connectivity index (χ1) is 5.65. The third kappa shape index (κ3) is 1.87. The van der Waals surface area contributed by atoms with Gasteiger partial charge in [-0.2, -0.15) is 0 Å². The van der Waals surface area contributed by atoms with Crippen molar-refractivity contribution >= 4 is 29.4 Å². The van der Waals surface area contributed by atoms with Gasteiger partial charge in [-0.25, -0.2) is 4.39 Å². The molecule has 0 aliphatic rings. The fourth-order valence-corrected chi connectivity index (χ4v) is 1.29. The van der Waals surface area contributed by atoms with E-state index in [1.165, 1.54) is 0 Å². The Morgan fingerprint density at radius 1 is 1.33 bits per heavy atom. The summed E-state index contributed by atoms with van der Waals surface area (Å²) in [6.07, 6.45) is 1.05. The zero-order valence-corrected chi connectivity index (χ0v) is 7.27. The van der Waals surface area contributed by atoms with Gasteiger partial charge in [0.25, 0.3) is 0 Å². The number of halogens is 3. The van der Waals surface area contributed by atoms with Crippen molar-refractivity contribution in [1.29, 1.82) is 0 Å². The Labute approximate surface area is 78.2 Å². The molecule has 0 aliphatic heterocycles. The average molecular weight is 208 g/mol. The lowest BCUT2D eigenvalue weighted by molar-refractivity contribution is 0.322. The zero-order chi connectivity index (χ0) is 9.14. The Balaban J connectivity index is 3.28. The fraction of sp³-hybridized carbons (Fsp3) is 0. The van der Waals surface area contributed by atoms with Crippen molar-refractivity contribution in [3.05, 3.63) is 33.6 Å². The first-order valence-corrected chi connectivity index (χ1v) is 3.72. The highest BCUT2D eigenvalue weighted by Crippen LogP contribution is 2.24. The van der Waals surface area contributed by atoms with Crippen LogP contribution in [0.15, 0.2) is 17.3 Å². The molecule has 0 aliphatic carbocycles. The monoisotopic (exact) mass is 207 g/mol. The zero-order valence-electron chi connectivity index (χ0n) is 5.76. The topological polar surface area (TPSA) is 32.6 Å². The Kier molecular flexibility index (Phi) is 2.89. The number of rotatable bonds is 1. The Hall–Kier alpha value is -0.800. The second-order valence-corrected chi connectivity index (χ2v) is 2.84. The molecule has 5 heteroatoms. The summed E-state index contributed by atoms with van der Waals surface area (Å²) in [5.74, 6) is -0.528. The summed E-state index contributed by atoms with van der Waals surface area (Å²) < 4.78 is 12.6. The normalized spacial score (nSPS) is 10.9. The molecule has 0 atom stereocenters. The van der Waals surface area contributed by atoms with Crippen LogP contribution in [0.25, 0.3) is 0 Å². The van der Waals surface area contributed by atoms with Crippen LogP contribution in [0.2, 0.25) is 10.0 Å². The molecule has 0 unspecified atom stereocenters. The van der Waals surface area contributed by atoms with Gasteiger partial charge in [-0.05, 0) is 12.1 Å². The molecule has 1 N–H and O–H groups in total. The molecule has 0 radical (unpaired) electrons. The number of nitrogens with zero attached hydrogens (tertiary/aromatic N) is 1. The predicted molar refractivity (Wildman–Crippen MR) is 45.8 cm³/mol. The van der Waals surface area contributed by atoms with Gasteiger partial charge in [-0.3, -0.25) is 0 Å². The summed E-state index contributed by atoms with van der Waals surface area (Å²) in [4.78, 5) is 0. The van der Waals surface area contributed by atoms with Crippen LogP contribution < -0.4 is 0 Å². The number of benzene rings is 1. The lowest BCUT2D eigenvalue weighted by Gasteiger charge is -1.99. The van der Waals surface area contributed by atoms with Gasteiger partial charge in [-0.15, -0.1) is 0 Å². The van der Waals surface area contributed by atoms with E-state index in [0.717, 1.165) is 18.3 Å². The van der Waals surface area contributed by atoms with E-state index in [-0.39, 0.29) is 10.0 Å². The maximum absolute atomic E-state index is 12.6. The molecular formula is C7H4Cl2FNO. The van der Waals surface area contributed by atoms with E-state index in [1.807, 2.05) is 0 Å². The van der Waals surface area contributed by atoms with Gasteiger partial charge in [0.15, 0.2) is 0 Å². The molecule has 64 valence electrons. The van der Waals surface area contributed by atoms with Gasteiger partial charge >= 0.3 is 0 Å². The largest absolute Gasteiger partial charge is 0.411 e. The van der Waals surface area contributed by atoms with E-state index in [2.05, 4.69) is 5.16 Å². The molecule has 1 aromatic carbocycles. The third-order valence-electron chi connectivity index (χ3n) is 1.23. The molecular weight excluding hydrogens is 204 g/mol. The Morgan fingerprint density at radius 3 is 2.25 bits per heavy atom.